The zero-order valence-electron chi connectivity index (χ0n) is 16.4. The number of hydrogen-bond acceptors (Lipinski definition) is 8. The van der Waals surface area contributed by atoms with Crippen LogP contribution in [0.4, 0.5) is 5.95 Å². The molecule has 0 aliphatic carbocycles. The summed E-state index contributed by atoms with van der Waals surface area (Å²) >= 11 is 1.08. The van der Waals surface area contributed by atoms with Gasteiger partial charge in [-0.05, 0) is 32.4 Å². The van der Waals surface area contributed by atoms with E-state index in [1.54, 1.807) is 42.7 Å². The first kappa shape index (κ1) is 19.5. The SMILES string of the molecule is Cc1nc(N)nc2c1sc(=O)n2[C@@H]1O[C@H](C(C)OC(=O)c2ccccc2)C[C@H]1C. The highest BCUT2D eigenvalue weighted by Gasteiger charge is 2.39. The second kappa shape index (κ2) is 7.57. The molecular formula is C20H22N4O4S. The third-order valence-electron chi connectivity index (χ3n) is 5.13. The zero-order chi connectivity index (χ0) is 20.7. The molecule has 0 amide bonds. The summed E-state index contributed by atoms with van der Waals surface area (Å²) in [6.45, 7) is 5.61. The Hall–Kier alpha value is -2.78. The van der Waals surface area contributed by atoms with Crippen molar-refractivity contribution in [1.82, 2.24) is 14.5 Å². The highest BCUT2D eigenvalue weighted by atomic mass is 32.1. The Balaban J connectivity index is 1.56. The van der Waals surface area contributed by atoms with Gasteiger partial charge >= 0.3 is 10.8 Å². The van der Waals surface area contributed by atoms with E-state index < -0.39 is 18.3 Å². The number of aromatic nitrogens is 3. The molecule has 0 bridgehead atoms. The Morgan fingerprint density at radius 3 is 2.79 bits per heavy atom. The fraction of sp³-hybridized carbons (Fsp3) is 0.400. The van der Waals surface area contributed by atoms with Crippen molar-refractivity contribution in [3.8, 4) is 0 Å². The molecule has 1 fully saturated rings. The zero-order valence-corrected chi connectivity index (χ0v) is 17.2. The van der Waals surface area contributed by atoms with Gasteiger partial charge in [-0.15, -0.1) is 0 Å². The van der Waals surface area contributed by atoms with Crippen molar-refractivity contribution in [2.75, 3.05) is 5.73 Å². The smallest absolute Gasteiger partial charge is 0.338 e. The number of nitrogens with zero attached hydrogens (tertiary/aromatic N) is 3. The van der Waals surface area contributed by atoms with Crippen LogP contribution in [-0.2, 0) is 9.47 Å². The quantitative estimate of drug-likeness (QED) is 0.654. The van der Waals surface area contributed by atoms with E-state index in [0.717, 1.165) is 11.3 Å². The number of ether oxygens (including phenoxy) is 2. The lowest BCUT2D eigenvalue weighted by molar-refractivity contribution is -0.0668. The number of thiazole rings is 1. The molecule has 2 N–H and O–H groups in total. The second-order valence-electron chi connectivity index (χ2n) is 7.31. The lowest BCUT2D eigenvalue weighted by atomic mass is 10.0. The van der Waals surface area contributed by atoms with Crippen molar-refractivity contribution >= 4 is 33.6 Å². The Morgan fingerprint density at radius 2 is 2.07 bits per heavy atom. The molecule has 0 spiro atoms. The van der Waals surface area contributed by atoms with Gasteiger partial charge in [0.15, 0.2) is 5.65 Å². The van der Waals surface area contributed by atoms with E-state index in [-0.39, 0.29) is 22.8 Å². The fourth-order valence-electron chi connectivity index (χ4n) is 3.66. The molecule has 1 saturated heterocycles. The molecule has 3 heterocycles. The molecule has 29 heavy (non-hydrogen) atoms. The van der Waals surface area contributed by atoms with E-state index in [0.29, 0.717) is 28.0 Å². The van der Waals surface area contributed by atoms with Gasteiger partial charge in [0.1, 0.15) is 12.3 Å². The van der Waals surface area contributed by atoms with Gasteiger partial charge in [-0.1, -0.05) is 36.5 Å². The first-order chi connectivity index (χ1) is 13.8. The molecular weight excluding hydrogens is 392 g/mol. The summed E-state index contributed by atoms with van der Waals surface area (Å²) in [6.07, 6.45) is -0.646. The summed E-state index contributed by atoms with van der Waals surface area (Å²) in [5.41, 5.74) is 7.43. The molecule has 4 atom stereocenters. The van der Waals surface area contributed by atoms with Gasteiger partial charge in [0, 0.05) is 5.92 Å². The predicted octanol–water partition coefficient (Wildman–Crippen LogP) is 2.91. The molecule has 0 saturated carbocycles. The van der Waals surface area contributed by atoms with Gasteiger partial charge in [0.05, 0.1) is 22.1 Å². The number of rotatable bonds is 4. The number of carbonyl (C=O) groups excluding carboxylic acids is 1. The van der Waals surface area contributed by atoms with E-state index in [9.17, 15) is 9.59 Å². The highest BCUT2D eigenvalue weighted by molar-refractivity contribution is 7.16. The minimum Gasteiger partial charge on any atom is -0.456 e. The lowest BCUT2D eigenvalue weighted by Crippen LogP contribution is -2.29. The first-order valence-corrected chi connectivity index (χ1v) is 10.2. The lowest BCUT2D eigenvalue weighted by Gasteiger charge is -2.21. The number of hydrogen-bond donors (Lipinski definition) is 1. The van der Waals surface area contributed by atoms with Crippen LogP contribution in [0.5, 0.6) is 0 Å². The number of fused-ring (bicyclic) bond motifs is 1. The van der Waals surface area contributed by atoms with Gasteiger partial charge < -0.3 is 15.2 Å². The number of nitrogen functional groups attached to an aromatic ring is 1. The first-order valence-electron chi connectivity index (χ1n) is 9.41. The molecule has 4 rings (SSSR count). The normalized spacial score (nSPS) is 22.7. The van der Waals surface area contributed by atoms with Gasteiger partial charge in [-0.3, -0.25) is 9.36 Å². The van der Waals surface area contributed by atoms with Gasteiger partial charge in [0.25, 0.3) is 0 Å². The molecule has 1 aromatic carbocycles. The number of carbonyl (C=O) groups is 1. The standard InChI is InChI=1S/C20H22N4O4S/c1-10-9-14(12(3)27-18(25)13-7-5-4-6-8-13)28-17(10)24-16-15(29-20(24)26)11(2)22-19(21)23-16/h4-8,10,12,14,17H,9H2,1-3H3,(H2,21,22,23)/t10-,12?,14+,17-/m1/s1. The molecule has 3 aromatic rings. The maximum Gasteiger partial charge on any atom is 0.338 e. The van der Waals surface area contributed by atoms with E-state index in [2.05, 4.69) is 9.97 Å². The van der Waals surface area contributed by atoms with Crippen molar-refractivity contribution in [3.05, 3.63) is 51.3 Å². The summed E-state index contributed by atoms with van der Waals surface area (Å²) in [4.78, 5) is 33.3. The Labute approximate surface area is 171 Å². The summed E-state index contributed by atoms with van der Waals surface area (Å²) in [6, 6.07) is 8.83. The molecule has 152 valence electrons. The predicted molar refractivity (Wildman–Crippen MR) is 110 cm³/mol. The third-order valence-corrected chi connectivity index (χ3v) is 6.19. The fourth-order valence-corrected chi connectivity index (χ4v) is 4.55. The van der Waals surface area contributed by atoms with E-state index in [1.165, 1.54) is 0 Å². The van der Waals surface area contributed by atoms with Crippen LogP contribution in [0, 0.1) is 12.8 Å². The Kier molecular flexibility index (Phi) is 5.10. The molecule has 9 heteroatoms. The summed E-state index contributed by atoms with van der Waals surface area (Å²) in [7, 11) is 0. The van der Waals surface area contributed by atoms with E-state index in [1.807, 2.05) is 13.0 Å². The molecule has 2 aromatic heterocycles. The minimum atomic E-state index is -0.507. The highest BCUT2D eigenvalue weighted by Crippen LogP contribution is 2.37. The number of nitrogens with two attached hydrogens (primary N) is 1. The maximum atomic E-state index is 12.7. The molecule has 0 radical (unpaired) electrons. The van der Waals surface area contributed by atoms with Crippen LogP contribution in [-0.4, -0.2) is 32.7 Å². The van der Waals surface area contributed by atoms with Crippen molar-refractivity contribution in [1.29, 1.82) is 0 Å². The average Bonchev–Trinajstić information content (AvgIpc) is 3.22. The second-order valence-corrected chi connectivity index (χ2v) is 8.27. The average molecular weight is 414 g/mol. The van der Waals surface area contributed by atoms with Crippen LogP contribution in [0.3, 0.4) is 0 Å². The van der Waals surface area contributed by atoms with Crippen LogP contribution < -0.4 is 10.6 Å². The van der Waals surface area contributed by atoms with Gasteiger partial charge in [-0.2, -0.15) is 4.98 Å². The Morgan fingerprint density at radius 1 is 1.34 bits per heavy atom. The van der Waals surface area contributed by atoms with Crippen LogP contribution in [0.2, 0.25) is 0 Å². The molecule has 8 nitrogen and oxygen atoms in total. The molecule has 1 unspecified atom stereocenters. The van der Waals surface area contributed by atoms with Gasteiger partial charge in [-0.25, -0.2) is 9.78 Å². The summed E-state index contributed by atoms with van der Waals surface area (Å²) in [5, 5.41) is 0. The van der Waals surface area contributed by atoms with E-state index in [4.69, 9.17) is 15.2 Å². The van der Waals surface area contributed by atoms with Crippen LogP contribution in [0.15, 0.2) is 35.1 Å². The van der Waals surface area contributed by atoms with Crippen LogP contribution in [0.1, 0.15) is 42.5 Å². The van der Waals surface area contributed by atoms with E-state index >= 15 is 0 Å². The summed E-state index contributed by atoms with van der Waals surface area (Å²) < 4.78 is 14.0. The molecule has 1 aliphatic heterocycles. The number of aryl methyl sites for hydroxylation is 1. The van der Waals surface area contributed by atoms with Crippen LogP contribution in [0.25, 0.3) is 10.3 Å². The van der Waals surface area contributed by atoms with Crippen LogP contribution >= 0.6 is 11.3 Å². The number of benzene rings is 1. The summed E-state index contributed by atoms with van der Waals surface area (Å²) in [5.74, 6) is -0.245. The Bertz CT molecular complexity index is 1110. The number of esters is 1. The minimum absolute atomic E-state index is 0.0323. The largest absolute Gasteiger partial charge is 0.456 e. The monoisotopic (exact) mass is 414 g/mol. The van der Waals surface area contributed by atoms with Crippen molar-refractivity contribution < 1.29 is 14.3 Å². The van der Waals surface area contributed by atoms with Gasteiger partial charge in [0.2, 0.25) is 5.95 Å². The third kappa shape index (κ3) is 3.63. The molecule has 1 aliphatic rings. The maximum absolute atomic E-state index is 12.7. The number of anilines is 1. The van der Waals surface area contributed by atoms with Crippen molar-refractivity contribution in [2.45, 2.75) is 45.6 Å². The van der Waals surface area contributed by atoms with Crippen molar-refractivity contribution in [2.24, 2.45) is 5.92 Å². The topological polar surface area (TPSA) is 109 Å². The van der Waals surface area contributed by atoms with Crippen molar-refractivity contribution in [3.63, 3.8) is 0 Å².